The van der Waals surface area contributed by atoms with Gasteiger partial charge in [0.15, 0.2) is 0 Å². The van der Waals surface area contributed by atoms with Crippen molar-refractivity contribution in [2.75, 3.05) is 26.8 Å². The highest BCUT2D eigenvalue weighted by Gasteiger charge is 2.27. The minimum absolute atomic E-state index is 0.190. The molecule has 2 unspecified atom stereocenters. The summed E-state index contributed by atoms with van der Waals surface area (Å²) in [7, 11) is 1.79. The van der Waals surface area contributed by atoms with Crippen molar-refractivity contribution in [1.82, 2.24) is 10.6 Å². The summed E-state index contributed by atoms with van der Waals surface area (Å²) in [5, 5.41) is 7.08. The molecule has 1 aliphatic heterocycles. The predicted octanol–water partition coefficient (Wildman–Crippen LogP) is 0.999. The minimum atomic E-state index is 0.190. The maximum atomic E-state index is 5.26. The van der Waals surface area contributed by atoms with E-state index in [2.05, 4.69) is 31.4 Å². The van der Waals surface area contributed by atoms with E-state index >= 15 is 0 Å². The second-order valence-electron chi connectivity index (χ2n) is 5.21. The van der Waals surface area contributed by atoms with Gasteiger partial charge in [0.05, 0.1) is 6.61 Å². The fourth-order valence-corrected chi connectivity index (χ4v) is 2.05. The maximum absolute atomic E-state index is 5.26. The van der Waals surface area contributed by atoms with E-state index in [1.54, 1.807) is 7.11 Å². The molecule has 84 valence electrons. The van der Waals surface area contributed by atoms with Gasteiger partial charge in [0.1, 0.15) is 0 Å². The van der Waals surface area contributed by atoms with Crippen LogP contribution in [0.5, 0.6) is 0 Å². The van der Waals surface area contributed by atoms with E-state index in [0.717, 1.165) is 19.7 Å². The third kappa shape index (κ3) is 3.95. The van der Waals surface area contributed by atoms with Gasteiger partial charge in [-0.15, -0.1) is 0 Å². The Morgan fingerprint density at radius 1 is 1.43 bits per heavy atom. The Balaban J connectivity index is 2.45. The number of rotatable bonds is 3. The van der Waals surface area contributed by atoms with Gasteiger partial charge >= 0.3 is 0 Å². The van der Waals surface area contributed by atoms with Gasteiger partial charge in [-0.05, 0) is 33.7 Å². The third-order valence-corrected chi connectivity index (χ3v) is 2.62. The standard InChI is InChI=1S/C11H24N2O/c1-11(2,3)13-10-7-12-6-5-9(10)8-14-4/h9-10,12-13H,5-8H2,1-4H3. The highest BCUT2D eigenvalue weighted by atomic mass is 16.5. The van der Waals surface area contributed by atoms with E-state index in [0.29, 0.717) is 12.0 Å². The zero-order chi connectivity index (χ0) is 10.6. The number of methoxy groups -OCH3 is 1. The van der Waals surface area contributed by atoms with Crippen LogP contribution in [-0.2, 0) is 4.74 Å². The zero-order valence-corrected chi connectivity index (χ0v) is 9.89. The second-order valence-corrected chi connectivity index (χ2v) is 5.21. The Bertz CT molecular complexity index is 163. The van der Waals surface area contributed by atoms with E-state index in [1.807, 2.05) is 0 Å². The largest absolute Gasteiger partial charge is 0.384 e. The SMILES string of the molecule is COCC1CCNCC1NC(C)(C)C. The summed E-state index contributed by atoms with van der Waals surface area (Å²) in [6.45, 7) is 9.69. The lowest BCUT2D eigenvalue weighted by Crippen LogP contribution is -2.55. The molecule has 1 rings (SSSR count). The molecule has 0 saturated carbocycles. The fraction of sp³-hybridized carbons (Fsp3) is 1.00. The van der Waals surface area contributed by atoms with Crippen LogP contribution in [0.4, 0.5) is 0 Å². The number of hydrogen-bond donors (Lipinski definition) is 2. The first kappa shape index (κ1) is 12.0. The predicted molar refractivity (Wildman–Crippen MR) is 59.5 cm³/mol. The molecule has 1 fully saturated rings. The van der Waals surface area contributed by atoms with Crippen molar-refractivity contribution in [3.63, 3.8) is 0 Å². The van der Waals surface area contributed by atoms with E-state index in [4.69, 9.17) is 4.74 Å². The van der Waals surface area contributed by atoms with Gasteiger partial charge in [0.25, 0.3) is 0 Å². The Morgan fingerprint density at radius 3 is 2.71 bits per heavy atom. The molecule has 0 aromatic rings. The van der Waals surface area contributed by atoms with Crippen LogP contribution in [0.2, 0.25) is 0 Å². The molecule has 2 N–H and O–H groups in total. The summed E-state index contributed by atoms with van der Waals surface area (Å²) >= 11 is 0. The molecule has 1 heterocycles. The first-order valence-corrected chi connectivity index (χ1v) is 5.50. The Hall–Kier alpha value is -0.120. The minimum Gasteiger partial charge on any atom is -0.384 e. The van der Waals surface area contributed by atoms with E-state index in [1.165, 1.54) is 6.42 Å². The molecule has 1 aliphatic rings. The van der Waals surface area contributed by atoms with E-state index in [9.17, 15) is 0 Å². The Labute approximate surface area is 87.6 Å². The number of hydrogen-bond acceptors (Lipinski definition) is 3. The molecule has 1 saturated heterocycles. The lowest BCUT2D eigenvalue weighted by molar-refractivity contribution is 0.104. The maximum Gasteiger partial charge on any atom is 0.0506 e. The van der Waals surface area contributed by atoms with E-state index < -0.39 is 0 Å². The highest BCUT2D eigenvalue weighted by Crippen LogP contribution is 2.15. The van der Waals surface area contributed by atoms with Crippen molar-refractivity contribution in [3.05, 3.63) is 0 Å². The Morgan fingerprint density at radius 2 is 2.14 bits per heavy atom. The molecule has 0 aliphatic carbocycles. The van der Waals surface area contributed by atoms with Gasteiger partial charge in [-0.3, -0.25) is 0 Å². The molecule has 3 heteroatoms. The molecule has 0 aromatic heterocycles. The number of nitrogens with one attached hydrogen (secondary N) is 2. The summed E-state index contributed by atoms with van der Waals surface area (Å²) in [5.74, 6) is 0.653. The van der Waals surface area contributed by atoms with Crippen molar-refractivity contribution in [2.24, 2.45) is 5.92 Å². The van der Waals surface area contributed by atoms with Crippen molar-refractivity contribution < 1.29 is 4.74 Å². The summed E-state index contributed by atoms with van der Waals surface area (Å²) in [4.78, 5) is 0. The van der Waals surface area contributed by atoms with Gasteiger partial charge in [0, 0.05) is 31.2 Å². The van der Waals surface area contributed by atoms with Crippen molar-refractivity contribution in [3.8, 4) is 0 Å². The lowest BCUT2D eigenvalue weighted by Gasteiger charge is -2.37. The van der Waals surface area contributed by atoms with Crippen LogP contribution in [0.15, 0.2) is 0 Å². The van der Waals surface area contributed by atoms with Crippen LogP contribution in [-0.4, -0.2) is 38.4 Å². The molecule has 0 radical (unpaired) electrons. The van der Waals surface area contributed by atoms with Gasteiger partial charge in [-0.2, -0.15) is 0 Å². The first-order chi connectivity index (χ1) is 6.53. The molecular formula is C11H24N2O. The van der Waals surface area contributed by atoms with Crippen LogP contribution in [0, 0.1) is 5.92 Å². The summed E-state index contributed by atoms with van der Waals surface area (Å²) in [5.41, 5.74) is 0.190. The molecular weight excluding hydrogens is 176 g/mol. The molecule has 2 atom stereocenters. The topological polar surface area (TPSA) is 33.3 Å². The lowest BCUT2D eigenvalue weighted by atomic mass is 9.91. The molecule has 0 spiro atoms. The smallest absolute Gasteiger partial charge is 0.0506 e. The fourth-order valence-electron chi connectivity index (χ4n) is 2.05. The normalized spacial score (nSPS) is 29.1. The van der Waals surface area contributed by atoms with Gasteiger partial charge in [0.2, 0.25) is 0 Å². The molecule has 0 amide bonds. The molecule has 0 aromatic carbocycles. The number of ether oxygens (including phenoxy) is 1. The average molecular weight is 200 g/mol. The first-order valence-electron chi connectivity index (χ1n) is 5.50. The highest BCUT2D eigenvalue weighted by molar-refractivity contribution is 4.87. The number of piperidine rings is 1. The van der Waals surface area contributed by atoms with Gasteiger partial charge in [-0.1, -0.05) is 0 Å². The van der Waals surface area contributed by atoms with Crippen molar-refractivity contribution >= 4 is 0 Å². The second kappa shape index (κ2) is 5.10. The summed E-state index contributed by atoms with van der Waals surface area (Å²) in [6, 6.07) is 0.545. The van der Waals surface area contributed by atoms with Crippen molar-refractivity contribution in [2.45, 2.75) is 38.8 Å². The molecule has 14 heavy (non-hydrogen) atoms. The monoisotopic (exact) mass is 200 g/mol. The van der Waals surface area contributed by atoms with Gasteiger partial charge < -0.3 is 15.4 Å². The quantitative estimate of drug-likeness (QED) is 0.713. The van der Waals surface area contributed by atoms with Crippen LogP contribution in [0.25, 0.3) is 0 Å². The summed E-state index contributed by atoms with van der Waals surface area (Å²) in [6.07, 6.45) is 1.21. The average Bonchev–Trinajstić information content (AvgIpc) is 2.06. The summed E-state index contributed by atoms with van der Waals surface area (Å²) < 4.78 is 5.26. The Kier molecular flexibility index (Phi) is 4.35. The van der Waals surface area contributed by atoms with Crippen LogP contribution in [0.3, 0.4) is 0 Å². The van der Waals surface area contributed by atoms with Crippen LogP contribution in [0.1, 0.15) is 27.2 Å². The van der Waals surface area contributed by atoms with Crippen LogP contribution >= 0.6 is 0 Å². The third-order valence-electron chi connectivity index (χ3n) is 2.62. The van der Waals surface area contributed by atoms with Crippen LogP contribution < -0.4 is 10.6 Å². The van der Waals surface area contributed by atoms with Crippen molar-refractivity contribution in [1.29, 1.82) is 0 Å². The van der Waals surface area contributed by atoms with Gasteiger partial charge in [-0.25, -0.2) is 0 Å². The molecule has 0 bridgehead atoms. The zero-order valence-electron chi connectivity index (χ0n) is 9.89. The van der Waals surface area contributed by atoms with E-state index in [-0.39, 0.29) is 5.54 Å². The molecule has 3 nitrogen and oxygen atoms in total.